The predicted octanol–water partition coefficient (Wildman–Crippen LogP) is 5.51. The van der Waals surface area contributed by atoms with Gasteiger partial charge in [-0.05, 0) is 75.9 Å². The quantitative estimate of drug-likeness (QED) is 0.589. The molecule has 182 valence electrons. The van der Waals surface area contributed by atoms with E-state index < -0.39 is 0 Å². The summed E-state index contributed by atoms with van der Waals surface area (Å²) >= 11 is 0. The van der Waals surface area contributed by atoms with E-state index in [-0.39, 0.29) is 11.3 Å². The molecule has 2 saturated heterocycles. The molecule has 34 heavy (non-hydrogen) atoms. The fraction of sp³-hybridized carbons (Fsp3) is 0.586. The molecule has 0 N–H and O–H groups in total. The van der Waals surface area contributed by atoms with Gasteiger partial charge in [0.1, 0.15) is 5.75 Å². The second kappa shape index (κ2) is 10.1. The number of hydrogen-bond donors (Lipinski definition) is 0. The minimum Gasteiger partial charge on any atom is -0.496 e. The van der Waals surface area contributed by atoms with E-state index in [1.54, 1.807) is 7.11 Å². The van der Waals surface area contributed by atoms with E-state index in [9.17, 15) is 4.79 Å². The van der Waals surface area contributed by atoms with Gasteiger partial charge in [-0.25, -0.2) is 0 Å². The van der Waals surface area contributed by atoms with Crippen LogP contribution in [-0.4, -0.2) is 60.0 Å². The molecule has 3 fully saturated rings. The largest absolute Gasteiger partial charge is 0.496 e. The molecule has 1 atom stereocenters. The number of para-hydroxylation sites is 1. The lowest BCUT2D eigenvalue weighted by Crippen LogP contribution is -2.52. The van der Waals surface area contributed by atoms with Gasteiger partial charge >= 0.3 is 0 Å². The molecule has 1 aliphatic carbocycles. The Balaban J connectivity index is 1.26. The van der Waals surface area contributed by atoms with Crippen LogP contribution in [-0.2, 0) is 4.79 Å². The molecule has 1 saturated carbocycles. The maximum atomic E-state index is 13.7. The monoisotopic (exact) mass is 461 g/mol. The van der Waals surface area contributed by atoms with Gasteiger partial charge in [0, 0.05) is 41.7 Å². The summed E-state index contributed by atoms with van der Waals surface area (Å²) in [6, 6.07) is 15.1. The SMILES string of the molecule is COc1ccccc1-c1cccc(C2CCCN(C(=O)C3(C)CCN(C4CCCC4)CC3)C2)n1. The molecule has 3 heterocycles. The molecule has 1 amide bonds. The van der Waals surface area contributed by atoms with Crippen LogP contribution in [0.1, 0.15) is 69.9 Å². The van der Waals surface area contributed by atoms with Gasteiger partial charge in [0.2, 0.25) is 5.91 Å². The molecule has 5 nitrogen and oxygen atoms in total. The van der Waals surface area contributed by atoms with Gasteiger partial charge in [0.25, 0.3) is 0 Å². The zero-order valence-electron chi connectivity index (χ0n) is 20.8. The summed E-state index contributed by atoms with van der Waals surface area (Å²) < 4.78 is 5.56. The van der Waals surface area contributed by atoms with Crippen molar-refractivity contribution in [1.82, 2.24) is 14.8 Å². The molecule has 2 aromatic rings. The maximum absolute atomic E-state index is 13.7. The smallest absolute Gasteiger partial charge is 0.228 e. The van der Waals surface area contributed by atoms with Crippen molar-refractivity contribution >= 4 is 5.91 Å². The van der Waals surface area contributed by atoms with Crippen molar-refractivity contribution in [1.29, 1.82) is 0 Å². The highest BCUT2D eigenvalue weighted by Crippen LogP contribution is 2.38. The third-order valence-electron chi connectivity index (χ3n) is 8.54. The Morgan fingerprint density at radius 2 is 1.74 bits per heavy atom. The number of benzene rings is 1. The Kier molecular flexibility index (Phi) is 6.91. The summed E-state index contributed by atoms with van der Waals surface area (Å²) in [7, 11) is 1.70. The Bertz CT molecular complexity index is 992. The van der Waals surface area contributed by atoms with Gasteiger partial charge in [0.05, 0.1) is 12.8 Å². The lowest BCUT2D eigenvalue weighted by Gasteiger charge is -2.44. The van der Waals surface area contributed by atoms with E-state index in [0.717, 1.165) is 80.6 Å². The number of carbonyl (C=O) groups excluding carboxylic acids is 1. The van der Waals surface area contributed by atoms with Gasteiger partial charge < -0.3 is 14.5 Å². The number of aromatic nitrogens is 1. The molecule has 1 aromatic carbocycles. The maximum Gasteiger partial charge on any atom is 0.228 e. The van der Waals surface area contributed by atoms with E-state index >= 15 is 0 Å². The summed E-state index contributed by atoms with van der Waals surface area (Å²) in [6.07, 6.45) is 9.55. The number of piperidine rings is 2. The van der Waals surface area contributed by atoms with Crippen LogP contribution >= 0.6 is 0 Å². The van der Waals surface area contributed by atoms with Crippen LogP contribution in [0.5, 0.6) is 5.75 Å². The zero-order chi connectivity index (χ0) is 23.5. The normalized spacial score (nSPS) is 23.7. The number of amides is 1. The lowest BCUT2D eigenvalue weighted by molar-refractivity contribution is -0.145. The molecule has 5 rings (SSSR count). The first-order valence-electron chi connectivity index (χ1n) is 13.2. The standard InChI is InChI=1S/C29H39N3O2/c1-29(16-19-31(20-17-29)23-10-3-4-11-23)28(33)32-18-8-9-22(21-32)25-13-7-14-26(30-25)24-12-5-6-15-27(24)34-2/h5-7,12-15,22-23H,3-4,8-11,16-21H2,1-2H3. The summed E-state index contributed by atoms with van der Waals surface area (Å²) in [5, 5.41) is 0. The van der Waals surface area contributed by atoms with E-state index in [1.165, 1.54) is 25.7 Å². The minimum absolute atomic E-state index is 0.219. The average Bonchev–Trinajstić information content (AvgIpc) is 3.44. The van der Waals surface area contributed by atoms with Crippen LogP contribution in [0, 0.1) is 5.41 Å². The van der Waals surface area contributed by atoms with Crippen LogP contribution in [0.4, 0.5) is 0 Å². The second-order valence-electron chi connectivity index (χ2n) is 10.8. The highest BCUT2D eigenvalue weighted by atomic mass is 16.5. The topological polar surface area (TPSA) is 45.7 Å². The van der Waals surface area contributed by atoms with Crippen LogP contribution in [0.3, 0.4) is 0 Å². The van der Waals surface area contributed by atoms with Crippen molar-refractivity contribution in [3.8, 4) is 17.0 Å². The van der Waals surface area contributed by atoms with Crippen LogP contribution < -0.4 is 4.74 Å². The van der Waals surface area contributed by atoms with Crippen molar-refractivity contribution in [2.24, 2.45) is 5.41 Å². The molecular weight excluding hydrogens is 422 g/mol. The van der Waals surface area contributed by atoms with E-state index in [2.05, 4.69) is 34.9 Å². The van der Waals surface area contributed by atoms with E-state index in [1.807, 2.05) is 24.3 Å². The molecule has 5 heteroatoms. The van der Waals surface area contributed by atoms with Gasteiger partial charge in [0.15, 0.2) is 0 Å². The van der Waals surface area contributed by atoms with E-state index in [0.29, 0.717) is 5.91 Å². The number of rotatable bonds is 5. The number of pyridine rings is 1. The first-order chi connectivity index (χ1) is 16.6. The summed E-state index contributed by atoms with van der Waals surface area (Å²) in [4.78, 5) is 23.6. The highest BCUT2D eigenvalue weighted by molar-refractivity contribution is 5.82. The van der Waals surface area contributed by atoms with Crippen molar-refractivity contribution in [3.63, 3.8) is 0 Å². The lowest BCUT2D eigenvalue weighted by atomic mass is 9.78. The predicted molar refractivity (Wildman–Crippen MR) is 136 cm³/mol. The summed E-state index contributed by atoms with van der Waals surface area (Å²) in [6.45, 7) is 6.03. The number of hydrogen-bond acceptors (Lipinski definition) is 4. The summed E-state index contributed by atoms with van der Waals surface area (Å²) in [5.74, 6) is 1.49. The van der Waals surface area contributed by atoms with Crippen molar-refractivity contribution < 1.29 is 9.53 Å². The number of nitrogens with zero attached hydrogens (tertiary/aromatic N) is 3. The Morgan fingerprint density at radius 1 is 0.971 bits per heavy atom. The Morgan fingerprint density at radius 3 is 2.50 bits per heavy atom. The molecule has 1 aromatic heterocycles. The van der Waals surface area contributed by atoms with Crippen LogP contribution in [0.25, 0.3) is 11.3 Å². The van der Waals surface area contributed by atoms with Gasteiger partial charge in [-0.15, -0.1) is 0 Å². The Hall–Kier alpha value is -2.40. The first-order valence-corrected chi connectivity index (χ1v) is 13.2. The van der Waals surface area contributed by atoms with Crippen LogP contribution in [0.2, 0.25) is 0 Å². The third kappa shape index (κ3) is 4.72. The zero-order valence-corrected chi connectivity index (χ0v) is 20.8. The fourth-order valence-electron chi connectivity index (χ4n) is 6.34. The number of ether oxygens (including phenoxy) is 1. The fourth-order valence-corrected chi connectivity index (χ4v) is 6.34. The van der Waals surface area contributed by atoms with Gasteiger partial charge in [-0.2, -0.15) is 0 Å². The molecule has 2 aliphatic heterocycles. The molecule has 1 unspecified atom stereocenters. The average molecular weight is 462 g/mol. The molecule has 3 aliphatic rings. The second-order valence-corrected chi connectivity index (χ2v) is 10.8. The van der Waals surface area contributed by atoms with E-state index in [4.69, 9.17) is 9.72 Å². The summed E-state index contributed by atoms with van der Waals surface area (Å²) in [5.41, 5.74) is 2.81. The first kappa shape index (κ1) is 23.3. The third-order valence-corrected chi connectivity index (χ3v) is 8.54. The van der Waals surface area contributed by atoms with Crippen molar-refractivity contribution in [2.45, 2.75) is 70.3 Å². The van der Waals surface area contributed by atoms with Crippen LogP contribution in [0.15, 0.2) is 42.5 Å². The van der Waals surface area contributed by atoms with Gasteiger partial charge in [-0.1, -0.05) is 38.0 Å². The molecule has 0 bridgehead atoms. The van der Waals surface area contributed by atoms with Crippen molar-refractivity contribution in [2.75, 3.05) is 33.3 Å². The van der Waals surface area contributed by atoms with Gasteiger partial charge in [-0.3, -0.25) is 9.78 Å². The van der Waals surface area contributed by atoms with Crippen molar-refractivity contribution in [3.05, 3.63) is 48.2 Å². The number of methoxy groups -OCH3 is 1. The minimum atomic E-state index is -0.219. The highest BCUT2D eigenvalue weighted by Gasteiger charge is 2.42. The molecule has 0 radical (unpaired) electrons. The number of carbonyl (C=O) groups is 1. The number of likely N-dealkylation sites (tertiary alicyclic amines) is 2. The molecule has 0 spiro atoms. The molecular formula is C29H39N3O2. The Labute approximate surface area is 204 Å².